The van der Waals surface area contributed by atoms with Crippen LogP contribution in [0.3, 0.4) is 0 Å². The number of nitrogens with one attached hydrogen (secondary N) is 1. The number of ether oxygens (including phenoxy) is 2. The molecule has 0 bridgehead atoms. The first kappa shape index (κ1) is 16.2. The highest BCUT2D eigenvalue weighted by atomic mass is 16.5. The summed E-state index contributed by atoms with van der Waals surface area (Å²) in [5.74, 6) is 3.38. The van der Waals surface area contributed by atoms with Gasteiger partial charge < -0.3 is 19.7 Å². The second-order valence-electron chi connectivity index (χ2n) is 7.76. The summed E-state index contributed by atoms with van der Waals surface area (Å²) >= 11 is 0. The van der Waals surface area contributed by atoms with E-state index in [9.17, 15) is 0 Å². The highest BCUT2D eigenvalue weighted by Gasteiger charge is 2.47. The van der Waals surface area contributed by atoms with Crippen molar-refractivity contribution in [3.05, 3.63) is 47.3 Å². The van der Waals surface area contributed by atoms with Gasteiger partial charge in [0.1, 0.15) is 5.82 Å². The molecule has 1 aromatic carbocycles. The Morgan fingerprint density at radius 2 is 2.14 bits per heavy atom. The molecule has 1 fully saturated rings. The summed E-state index contributed by atoms with van der Waals surface area (Å²) in [5, 5.41) is 8.13. The van der Waals surface area contributed by atoms with Gasteiger partial charge in [0.2, 0.25) is 0 Å². The zero-order valence-electron chi connectivity index (χ0n) is 15.9. The summed E-state index contributed by atoms with van der Waals surface area (Å²) in [4.78, 5) is 7.40. The van der Waals surface area contributed by atoms with Crippen LogP contribution >= 0.6 is 0 Å². The topological polar surface area (TPSA) is 63.9 Å². The summed E-state index contributed by atoms with van der Waals surface area (Å²) < 4.78 is 13.6. The molecule has 5 heterocycles. The lowest BCUT2D eigenvalue weighted by atomic mass is 9.81. The van der Waals surface area contributed by atoms with Gasteiger partial charge in [-0.2, -0.15) is 9.61 Å². The van der Waals surface area contributed by atoms with E-state index in [1.807, 2.05) is 22.8 Å². The number of benzene rings is 1. The van der Waals surface area contributed by atoms with E-state index in [4.69, 9.17) is 14.5 Å². The Bertz CT molecular complexity index is 1060. The number of rotatable bonds is 2. The lowest BCUT2D eigenvalue weighted by molar-refractivity contribution is 0.138. The van der Waals surface area contributed by atoms with Crippen molar-refractivity contribution in [1.82, 2.24) is 19.9 Å². The Morgan fingerprint density at radius 1 is 1.21 bits per heavy atom. The van der Waals surface area contributed by atoms with Crippen LogP contribution in [0, 0.1) is 5.92 Å². The molecule has 7 nitrogen and oxygen atoms in total. The maximum atomic E-state index is 6.07. The molecular weight excluding hydrogens is 354 g/mol. The third kappa shape index (κ3) is 2.19. The highest BCUT2D eigenvalue weighted by Crippen LogP contribution is 2.51. The van der Waals surface area contributed by atoms with Gasteiger partial charge in [-0.05, 0) is 19.0 Å². The van der Waals surface area contributed by atoms with Gasteiger partial charge in [0.05, 0.1) is 31.6 Å². The van der Waals surface area contributed by atoms with Gasteiger partial charge in [-0.1, -0.05) is 12.1 Å². The minimum absolute atomic E-state index is 0.286. The second kappa shape index (κ2) is 6.10. The maximum Gasteiger partial charge on any atom is 0.166 e. The largest absolute Gasteiger partial charge is 0.493 e. The number of aromatic nitrogens is 3. The van der Waals surface area contributed by atoms with E-state index < -0.39 is 0 Å². The van der Waals surface area contributed by atoms with Crippen molar-refractivity contribution in [3.8, 4) is 11.5 Å². The van der Waals surface area contributed by atoms with Gasteiger partial charge in [0, 0.05) is 42.6 Å². The molecule has 28 heavy (non-hydrogen) atoms. The molecule has 0 saturated carbocycles. The fourth-order valence-electron chi connectivity index (χ4n) is 4.95. The van der Waals surface area contributed by atoms with Crippen LogP contribution in [0.4, 0.5) is 5.82 Å². The Kier molecular flexibility index (Phi) is 3.53. The fourth-order valence-corrected chi connectivity index (χ4v) is 4.95. The average molecular weight is 377 g/mol. The molecule has 0 aliphatic carbocycles. The first-order chi connectivity index (χ1) is 13.8. The maximum absolute atomic E-state index is 6.07. The normalized spacial score (nSPS) is 23.1. The summed E-state index contributed by atoms with van der Waals surface area (Å²) in [6.07, 6.45) is 3.78. The number of para-hydroxylation sites is 1. The Hall–Kier alpha value is -2.80. The van der Waals surface area contributed by atoms with Gasteiger partial charge in [-0.15, -0.1) is 0 Å². The summed E-state index contributed by atoms with van der Waals surface area (Å²) in [6, 6.07) is 8.48. The molecule has 144 valence electrons. The Labute approximate surface area is 163 Å². The Balaban J connectivity index is 1.52. The van der Waals surface area contributed by atoms with Gasteiger partial charge in [0.25, 0.3) is 0 Å². The van der Waals surface area contributed by atoms with Crippen LogP contribution in [0.25, 0.3) is 5.65 Å². The molecule has 1 saturated heterocycles. The van der Waals surface area contributed by atoms with Crippen molar-refractivity contribution < 1.29 is 9.47 Å². The standard InChI is InChI=1S/C21H23N5O2/c1-27-17-4-2-3-15-19-13(12-28-20(15)17)11-25(19)21-14-5-8-22-9-6-16(14)24-18-7-10-23-26(18)21/h2-4,7,10,13,19,22H,5-6,8-9,11-12H2,1H3. The van der Waals surface area contributed by atoms with Crippen molar-refractivity contribution in [1.29, 1.82) is 0 Å². The second-order valence-corrected chi connectivity index (χ2v) is 7.76. The lowest BCUT2D eigenvalue weighted by Crippen LogP contribution is -2.55. The summed E-state index contributed by atoms with van der Waals surface area (Å²) in [5.41, 5.74) is 4.67. The molecule has 6 rings (SSSR count). The van der Waals surface area contributed by atoms with Crippen molar-refractivity contribution in [3.63, 3.8) is 0 Å². The first-order valence-corrected chi connectivity index (χ1v) is 9.97. The summed E-state index contributed by atoms with van der Waals surface area (Å²) in [7, 11) is 1.70. The van der Waals surface area contributed by atoms with Crippen LogP contribution in [0.15, 0.2) is 30.5 Å². The number of hydrogen-bond acceptors (Lipinski definition) is 6. The third-order valence-electron chi connectivity index (χ3n) is 6.26. The third-order valence-corrected chi connectivity index (χ3v) is 6.26. The molecule has 1 N–H and O–H groups in total. The molecule has 3 aliphatic heterocycles. The molecule has 3 aromatic rings. The van der Waals surface area contributed by atoms with Crippen LogP contribution < -0.4 is 19.7 Å². The number of hydrogen-bond donors (Lipinski definition) is 1. The van der Waals surface area contributed by atoms with Crippen molar-refractivity contribution in [2.24, 2.45) is 5.92 Å². The van der Waals surface area contributed by atoms with Gasteiger partial charge >= 0.3 is 0 Å². The van der Waals surface area contributed by atoms with Crippen LogP contribution in [0.5, 0.6) is 11.5 Å². The van der Waals surface area contributed by atoms with Crippen LogP contribution in [-0.4, -0.2) is 47.9 Å². The average Bonchev–Trinajstić information content (AvgIpc) is 3.03. The van der Waals surface area contributed by atoms with Crippen LogP contribution in [0.1, 0.15) is 22.9 Å². The van der Waals surface area contributed by atoms with Gasteiger partial charge in [0.15, 0.2) is 17.1 Å². The number of methoxy groups -OCH3 is 1. The SMILES string of the molecule is COc1cccc2c1OCC1CN(c3c4c(nc5ccnn35)CCNCC4)C21. The first-order valence-electron chi connectivity index (χ1n) is 9.97. The molecule has 2 aromatic heterocycles. The lowest BCUT2D eigenvalue weighted by Gasteiger charge is -2.52. The van der Waals surface area contributed by atoms with E-state index in [2.05, 4.69) is 27.4 Å². The smallest absolute Gasteiger partial charge is 0.166 e. The summed E-state index contributed by atoms with van der Waals surface area (Å²) in [6.45, 7) is 3.65. The zero-order valence-corrected chi connectivity index (χ0v) is 15.9. The van der Waals surface area contributed by atoms with Crippen LogP contribution in [-0.2, 0) is 12.8 Å². The number of nitrogens with zero attached hydrogens (tertiary/aromatic N) is 4. The van der Waals surface area contributed by atoms with Crippen molar-refractivity contribution >= 4 is 11.5 Å². The van der Waals surface area contributed by atoms with Crippen molar-refractivity contribution in [2.75, 3.05) is 38.3 Å². The van der Waals surface area contributed by atoms with E-state index in [0.29, 0.717) is 5.92 Å². The monoisotopic (exact) mass is 377 g/mol. The predicted molar refractivity (Wildman–Crippen MR) is 105 cm³/mol. The predicted octanol–water partition coefficient (Wildman–Crippen LogP) is 2.00. The molecule has 0 amide bonds. The highest BCUT2D eigenvalue weighted by molar-refractivity contribution is 5.63. The van der Waals surface area contributed by atoms with E-state index >= 15 is 0 Å². The Morgan fingerprint density at radius 3 is 3.07 bits per heavy atom. The number of anilines is 1. The minimum Gasteiger partial charge on any atom is -0.493 e. The van der Waals surface area contributed by atoms with Gasteiger partial charge in [-0.25, -0.2) is 4.98 Å². The van der Waals surface area contributed by atoms with E-state index in [-0.39, 0.29) is 6.04 Å². The van der Waals surface area contributed by atoms with E-state index in [1.165, 1.54) is 22.6 Å². The molecule has 0 spiro atoms. The zero-order chi connectivity index (χ0) is 18.7. The fraction of sp³-hybridized carbons (Fsp3) is 0.429. The molecule has 3 aliphatic rings. The van der Waals surface area contributed by atoms with E-state index in [0.717, 1.165) is 56.2 Å². The molecule has 2 atom stereocenters. The molecule has 2 unspecified atom stereocenters. The molecule has 7 heteroatoms. The van der Waals surface area contributed by atoms with Gasteiger partial charge in [-0.3, -0.25) is 0 Å². The van der Waals surface area contributed by atoms with Crippen LogP contribution in [0.2, 0.25) is 0 Å². The van der Waals surface area contributed by atoms with E-state index in [1.54, 1.807) is 7.11 Å². The number of fused-ring (bicyclic) bond motifs is 5. The van der Waals surface area contributed by atoms with Crippen molar-refractivity contribution in [2.45, 2.75) is 18.9 Å². The minimum atomic E-state index is 0.286. The molecular formula is C21H23N5O2. The molecule has 0 radical (unpaired) electrons. The quantitative estimate of drug-likeness (QED) is 0.737.